The van der Waals surface area contributed by atoms with Crippen molar-refractivity contribution in [3.8, 4) is 0 Å². The minimum Gasteiger partial charge on any atom is -0.377 e. The second kappa shape index (κ2) is 11.5. The lowest BCUT2D eigenvalue weighted by molar-refractivity contribution is 0.0733. The van der Waals surface area contributed by atoms with Crippen molar-refractivity contribution in [3.63, 3.8) is 0 Å². The van der Waals surface area contributed by atoms with Gasteiger partial charge in [-0.3, -0.25) is 0 Å². The van der Waals surface area contributed by atoms with Crippen molar-refractivity contribution in [2.24, 2.45) is 5.73 Å². The fraction of sp³-hybridized carbons (Fsp3) is 0.529. The van der Waals surface area contributed by atoms with Crippen LogP contribution in [0.1, 0.15) is 12.0 Å². The van der Waals surface area contributed by atoms with Crippen LogP contribution in [0.25, 0.3) is 0 Å². The van der Waals surface area contributed by atoms with Crippen LogP contribution in [-0.2, 0) is 19.7 Å². The van der Waals surface area contributed by atoms with Crippen molar-refractivity contribution < 1.29 is 13.3 Å². The topological polar surface area (TPSA) is 65.7 Å². The Morgan fingerprint density at radius 2 is 1.91 bits per heavy atom. The summed E-state index contributed by atoms with van der Waals surface area (Å²) in [5, 5.41) is 3.27. The molecule has 0 bridgehead atoms. The van der Waals surface area contributed by atoms with Crippen molar-refractivity contribution in [2.45, 2.75) is 25.0 Å². The van der Waals surface area contributed by atoms with Crippen LogP contribution < -0.4 is 11.1 Å². The molecule has 130 valence electrons. The highest BCUT2D eigenvalue weighted by Crippen LogP contribution is 2.20. The minimum absolute atomic E-state index is 0.124. The van der Waals surface area contributed by atoms with E-state index in [1.165, 1.54) is 5.56 Å². The molecule has 0 saturated carbocycles. The highest BCUT2D eigenvalue weighted by Gasteiger charge is 2.40. The van der Waals surface area contributed by atoms with Crippen LogP contribution in [0.3, 0.4) is 0 Å². The van der Waals surface area contributed by atoms with Gasteiger partial charge in [-0.15, -0.1) is 6.58 Å². The predicted molar refractivity (Wildman–Crippen MR) is 96.3 cm³/mol. The van der Waals surface area contributed by atoms with Gasteiger partial charge in [0.15, 0.2) is 0 Å². The normalized spacial score (nSPS) is 13.0. The first-order chi connectivity index (χ1) is 11.2. The molecule has 1 atom stereocenters. The molecule has 0 heterocycles. The molecule has 1 rings (SSSR count). The van der Waals surface area contributed by atoms with Crippen molar-refractivity contribution >= 4 is 8.80 Å². The Morgan fingerprint density at radius 1 is 1.22 bits per heavy atom. The predicted octanol–water partition coefficient (Wildman–Crippen LogP) is 1.97. The number of hydrogen-bond donors (Lipinski definition) is 2. The van der Waals surface area contributed by atoms with E-state index in [9.17, 15) is 0 Å². The first kappa shape index (κ1) is 20.0. The fourth-order valence-electron chi connectivity index (χ4n) is 2.35. The van der Waals surface area contributed by atoms with E-state index in [2.05, 4.69) is 24.0 Å². The second-order valence-corrected chi connectivity index (χ2v) is 8.23. The molecule has 0 amide bonds. The first-order valence-corrected chi connectivity index (χ1v) is 9.98. The maximum Gasteiger partial charge on any atom is 0.500 e. The molecule has 1 unspecified atom stereocenters. The molecule has 3 N–H and O–H groups in total. The maximum atomic E-state index is 6.22. The van der Waals surface area contributed by atoms with Gasteiger partial charge in [-0.25, -0.2) is 0 Å². The third-order valence-corrected chi connectivity index (χ3v) is 6.52. The summed E-state index contributed by atoms with van der Waals surface area (Å²) in [6.45, 7) is 6.23. The molecule has 1 aromatic carbocycles. The number of nitrogens with two attached hydrogens (primary N) is 1. The fourth-order valence-corrected chi connectivity index (χ4v) is 4.49. The van der Waals surface area contributed by atoms with E-state index in [0.29, 0.717) is 6.54 Å². The van der Waals surface area contributed by atoms with Crippen molar-refractivity contribution in [1.82, 2.24) is 5.32 Å². The minimum atomic E-state index is -2.68. The molecular weight excluding hydrogens is 308 g/mol. The molecule has 0 aliphatic carbocycles. The summed E-state index contributed by atoms with van der Waals surface area (Å²) in [6.07, 6.45) is 3.38. The standard InChI is InChI=1S/C17H30N2O3Si/c1-4-17(15-16-9-6-5-7-10-16)22-23(20-2,21-3)14-8-12-19-13-11-18/h4-7,9-10,17,19H,1,8,11-15,18H2,2-3H3. The monoisotopic (exact) mass is 338 g/mol. The lowest BCUT2D eigenvalue weighted by Gasteiger charge is -2.30. The van der Waals surface area contributed by atoms with Crippen LogP contribution in [0.2, 0.25) is 6.04 Å². The third kappa shape index (κ3) is 7.39. The molecule has 0 aliphatic rings. The number of rotatable bonds is 13. The average molecular weight is 339 g/mol. The lowest BCUT2D eigenvalue weighted by atomic mass is 10.1. The molecule has 0 aliphatic heterocycles. The molecule has 0 aromatic heterocycles. The van der Waals surface area contributed by atoms with Gasteiger partial charge in [-0.05, 0) is 18.5 Å². The largest absolute Gasteiger partial charge is 0.500 e. The molecule has 0 fully saturated rings. The summed E-state index contributed by atoms with van der Waals surface area (Å²) in [5.41, 5.74) is 6.67. The smallest absolute Gasteiger partial charge is 0.377 e. The number of hydrogen-bond acceptors (Lipinski definition) is 5. The molecule has 0 radical (unpaired) electrons. The van der Waals surface area contributed by atoms with E-state index in [0.717, 1.165) is 32.0 Å². The van der Waals surface area contributed by atoms with Gasteiger partial charge in [0.2, 0.25) is 0 Å². The van der Waals surface area contributed by atoms with E-state index in [1.54, 1.807) is 14.2 Å². The molecule has 5 nitrogen and oxygen atoms in total. The van der Waals surface area contributed by atoms with Gasteiger partial charge in [-0.2, -0.15) is 0 Å². The average Bonchev–Trinajstić information content (AvgIpc) is 2.60. The van der Waals surface area contributed by atoms with Crippen LogP contribution >= 0.6 is 0 Å². The van der Waals surface area contributed by atoms with Gasteiger partial charge in [0.1, 0.15) is 0 Å². The Balaban J connectivity index is 2.58. The Bertz CT molecular complexity index is 427. The van der Waals surface area contributed by atoms with E-state index < -0.39 is 8.80 Å². The van der Waals surface area contributed by atoms with Crippen LogP contribution in [0.5, 0.6) is 0 Å². The van der Waals surface area contributed by atoms with Gasteiger partial charge in [-0.1, -0.05) is 36.4 Å². The Morgan fingerprint density at radius 3 is 2.48 bits per heavy atom. The molecule has 23 heavy (non-hydrogen) atoms. The van der Waals surface area contributed by atoms with Crippen molar-refractivity contribution in [1.29, 1.82) is 0 Å². The second-order valence-electron chi connectivity index (χ2n) is 5.32. The Labute approximate surface area is 141 Å². The van der Waals surface area contributed by atoms with Crippen LogP contribution in [0.15, 0.2) is 43.0 Å². The van der Waals surface area contributed by atoms with E-state index in [1.807, 2.05) is 24.3 Å². The maximum absolute atomic E-state index is 6.22. The van der Waals surface area contributed by atoms with E-state index in [4.69, 9.17) is 19.0 Å². The molecule has 6 heteroatoms. The zero-order valence-corrected chi connectivity index (χ0v) is 15.3. The summed E-state index contributed by atoms with van der Waals surface area (Å²) in [7, 11) is 0.633. The van der Waals surface area contributed by atoms with Gasteiger partial charge in [0.05, 0.1) is 6.10 Å². The van der Waals surface area contributed by atoms with Gasteiger partial charge < -0.3 is 24.3 Å². The molecule has 0 spiro atoms. The highest BCUT2D eigenvalue weighted by atomic mass is 28.4. The van der Waals surface area contributed by atoms with Gasteiger partial charge >= 0.3 is 8.80 Å². The van der Waals surface area contributed by atoms with Crippen LogP contribution in [0, 0.1) is 0 Å². The Hall–Kier alpha value is -1.02. The zero-order valence-electron chi connectivity index (χ0n) is 14.3. The third-order valence-electron chi connectivity index (χ3n) is 3.65. The molecular formula is C17H30N2O3Si. The van der Waals surface area contributed by atoms with E-state index in [-0.39, 0.29) is 6.10 Å². The van der Waals surface area contributed by atoms with Gasteiger partial charge in [0, 0.05) is 39.8 Å². The van der Waals surface area contributed by atoms with Crippen molar-refractivity contribution in [2.75, 3.05) is 33.9 Å². The molecule has 0 saturated heterocycles. The van der Waals surface area contributed by atoms with Crippen molar-refractivity contribution in [3.05, 3.63) is 48.6 Å². The highest BCUT2D eigenvalue weighted by molar-refractivity contribution is 6.60. The Kier molecular flexibility index (Phi) is 10.0. The van der Waals surface area contributed by atoms with E-state index >= 15 is 0 Å². The summed E-state index contributed by atoms with van der Waals surface area (Å²) >= 11 is 0. The first-order valence-electron chi connectivity index (χ1n) is 8.05. The summed E-state index contributed by atoms with van der Waals surface area (Å²) in [6, 6.07) is 11.0. The van der Waals surface area contributed by atoms with Gasteiger partial charge in [0.25, 0.3) is 0 Å². The van der Waals surface area contributed by atoms with Crippen LogP contribution in [-0.4, -0.2) is 48.8 Å². The zero-order chi connectivity index (χ0) is 17.0. The quantitative estimate of drug-likeness (QED) is 0.327. The number of benzene rings is 1. The lowest BCUT2D eigenvalue weighted by Crippen LogP contribution is -2.47. The SMILES string of the molecule is C=CC(Cc1ccccc1)O[Si](CCCNCCN)(OC)OC. The number of nitrogens with one attached hydrogen (secondary N) is 1. The van der Waals surface area contributed by atoms with Crippen LogP contribution in [0.4, 0.5) is 0 Å². The molecule has 1 aromatic rings. The summed E-state index contributed by atoms with van der Waals surface area (Å²) in [4.78, 5) is 0. The summed E-state index contributed by atoms with van der Waals surface area (Å²) in [5.74, 6) is 0. The summed E-state index contributed by atoms with van der Waals surface area (Å²) < 4.78 is 17.5.